The Balaban J connectivity index is 1.94. The quantitative estimate of drug-likeness (QED) is 0.722. The molecule has 0 aromatic rings. The number of likely N-dealkylation sites (tertiary alicyclic amines) is 1. The second-order valence-electron chi connectivity index (χ2n) is 6.73. The molecule has 3 atom stereocenters. The third-order valence-electron chi connectivity index (χ3n) is 4.12. The molecule has 1 saturated heterocycles. The van der Waals surface area contributed by atoms with Gasteiger partial charge >= 0.3 is 6.09 Å². The predicted octanol–water partition coefficient (Wildman–Crippen LogP) is 2.37. The lowest BCUT2D eigenvalue weighted by atomic mass is 9.72. The van der Waals surface area contributed by atoms with Crippen molar-refractivity contribution in [2.45, 2.75) is 58.1 Å². The highest BCUT2D eigenvalue weighted by molar-refractivity contribution is 5.68. The lowest BCUT2D eigenvalue weighted by Gasteiger charge is -2.44. The summed E-state index contributed by atoms with van der Waals surface area (Å²) in [5, 5.41) is 0. The minimum absolute atomic E-state index is 0.182. The maximum Gasteiger partial charge on any atom is 0.410 e. The summed E-state index contributed by atoms with van der Waals surface area (Å²) in [5.74, 6) is 1.19. The zero-order valence-electron chi connectivity index (χ0n) is 11.8. The molecule has 0 aromatic carbocycles. The number of nitrogens with zero attached hydrogens (tertiary/aromatic N) is 1. The van der Waals surface area contributed by atoms with Crippen LogP contribution in [0.5, 0.6) is 0 Å². The number of rotatable bonds is 0. The second-order valence-corrected chi connectivity index (χ2v) is 6.73. The number of hydrogen-bond acceptors (Lipinski definition) is 3. The van der Waals surface area contributed by atoms with Crippen molar-refractivity contribution in [3.8, 4) is 0 Å². The van der Waals surface area contributed by atoms with Gasteiger partial charge in [-0.25, -0.2) is 4.79 Å². The average molecular weight is 254 g/mol. The van der Waals surface area contributed by atoms with Crippen LogP contribution in [0.15, 0.2) is 0 Å². The normalized spacial score (nSPS) is 32.9. The first-order valence-electron chi connectivity index (χ1n) is 7.10. The molecule has 18 heavy (non-hydrogen) atoms. The van der Waals surface area contributed by atoms with Gasteiger partial charge in [-0.2, -0.15) is 0 Å². The van der Waals surface area contributed by atoms with Gasteiger partial charge in [0.25, 0.3) is 0 Å². The molecule has 2 aliphatic rings. The van der Waals surface area contributed by atoms with Crippen molar-refractivity contribution in [1.82, 2.24) is 4.90 Å². The third-order valence-corrected chi connectivity index (χ3v) is 4.12. The van der Waals surface area contributed by atoms with E-state index in [1.165, 1.54) is 12.8 Å². The van der Waals surface area contributed by atoms with Gasteiger partial charge in [0.2, 0.25) is 0 Å². The Morgan fingerprint density at radius 1 is 1.28 bits per heavy atom. The maximum atomic E-state index is 12.1. The number of piperidine rings is 1. The lowest BCUT2D eigenvalue weighted by Crippen LogP contribution is -2.52. The summed E-state index contributed by atoms with van der Waals surface area (Å²) in [5.41, 5.74) is 5.79. The lowest BCUT2D eigenvalue weighted by molar-refractivity contribution is 0.00300. The summed E-state index contributed by atoms with van der Waals surface area (Å²) in [4.78, 5) is 13.9. The minimum atomic E-state index is -0.414. The fourth-order valence-electron chi connectivity index (χ4n) is 3.20. The average Bonchev–Trinajstić information content (AvgIpc) is 2.27. The van der Waals surface area contributed by atoms with Gasteiger partial charge in [0.1, 0.15) is 5.60 Å². The summed E-state index contributed by atoms with van der Waals surface area (Å²) in [7, 11) is 0. The Morgan fingerprint density at radius 3 is 2.67 bits per heavy atom. The van der Waals surface area contributed by atoms with Crippen molar-refractivity contribution in [2.24, 2.45) is 17.6 Å². The van der Waals surface area contributed by atoms with Crippen LogP contribution < -0.4 is 5.73 Å². The van der Waals surface area contributed by atoms with Gasteiger partial charge in [0.05, 0.1) is 0 Å². The Bertz CT molecular complexity index is 311. The van der Waals surface area contributed by atoms with Crippen molar-refractivity contribution in [2.75, 3.05) is 13.1 Å². The van der Waals surface area contributed by atoms with Gasteiger partial charge in [-0.3, -0.25) is 0 Å². The Labute approximate surface area is 110 Å². The van der Waals surface area contributed by atoms with E-state index in [0.29, 0.717) is 11.8 Å². The van der Waals surface area contributed by atoms with Gasteiger partial charge in [0.15, 0.2) is 0 Å². The molecule has 1 saturated carbocycles. The van der Waals surface area contributed by atoms with Crippen molar-refractivity contribution < 1.29 is 9.53 Å². The summed E-state index contributed by atoms with van der Waals surface area (Å²) >= 11 is 0. The maximum absolute atomic E-state index is 12.1. The standard InChI is InChI=1S/C14H26N2O2/c1-14(2,3)18-13(17)16-8-7-10-5-4-6-12(15)11(10)9-16/h10-12H,4-9,15H2,1-3H3/t10-,11+,12+/m0/s1. The van der Waals surface area contributed by atoms with E-state index in [1.807, 2.05) is 25.7 Å². The van der Waals surface area contributed by atoms with E-state index in [9.17, 15) is 4.79 Å². The summed E-state index contributed by atoms with van der Waals surface area (Å²) < 4.78 is 5.44. The van der Waals surface area contributed by atoms with Crippen LogP contribution in [-0.2, 0) is 4.74 Å². The van der Waals surface area contributed by atoms with E-state index in [-0.39, 0.29) is 12.1 Å². The molecule has 2 N–H and O–H groups in total. The number of amides is 1. The number of carbonyl (C=O) groups excluding carboxylic acids is 1. The minimum Gasteiger partial charge on any atom is -0.444 e. The van der Waals surface area contributed by atoms with Crippen LogP contribution in [0.4, 0.5) is 4.79 Å². The van der Waals surface area contributed by atoms with E-state index in [4.69, 9.17) is 10.5 Å². The summed E-state index contributed by atoms with van der Waals surface area (Å²) in [6, 6.07) is 0.258. The fourth-order valence-corrected chi connectivity index (χ4v) is 3.20. The number of nitrogens with two attached hydrogens (primary N) is 1. The van der Waals surface area contributed by atoms with Crippen LogP contribution in [0.2, 0.25) is 0 Å². The topological polar surface area (TPSA) is 55.6 Å². The van der Waals surface area contributed by atoms with Crippen molar-refractivity contribution in [1.29, 1.82) is 0 Å². The largest absolute Gasteiger partial charge is 0.444 e. The highest BCUT2D eigenvalue weighted by atomic mass is 16.6. The molecular weight excluding hydrogens is 228 g/mol. The van der Waals surface area contributed by atoms with E-state index < -0.39 is 5.60 Å². The highest BCUT2D eigenvalue weighted by Gasteiger charge is 2.38. The molecule has 1 heterocycles. The molecule has 1 amide bonds. The smallest absolute Gasteiger partial charge is 0.410 e. The van der Waals surface area contributed by atoms with Crippen LogP contribution >= 0.6 is 0 Å². The number of hydrogen-bond donors (Lipinski definition) is 1. The van der Waals surface area contributed by atoms with E-state index in [1.54, 1.807) is 0 Å². The molecule has 104 valence electrons. The first kappa shape index (κ1) is 13.7. The van der Waals surface area contributed by atoms with Crippen LogP contribution in [0, 0.1) is 11.8 Å². The van der Waals surface area contributed by atoms with E-state index in [2.05, 4.69) is 0 Å². The molecule has 1 aliphatic carbocycles. The Kier molecular flexibility index (Phi) is 3.85. The third kappa shape index (κ3) is 3.16. The second kappa shape index (κ2) is 5.08. The van der Waals surface area contributed by atoms with Crippen molar-refractivity contribution >= 4 is 6.09 Å². The van der Waals surface area contributed by atoms with Crippen LogP contribution in [0.1, 0.15) is 46.5 Å². The first-order chi connectivity index (χ1) is 8.37. The van der Waals surface area contributed by atoms with Gasteiger partial charge in [-0.15, -0.1) is 0 Å². The Morgan fingerprint density at radius 2 is 2.00 bits per heavy atom. The van der Waals surface area contributed by atoms with Crippen LogP contribution in [0.25, 0.3) is 0 Å². The molecule has 0 spiro atoms. The monoisotopic (exact) mass is 254 g/mol. The molecule has 4 heteroatoms. The van der Waals surface area contributed by atoms with Crippen LogP contribution in [-0.4, -0.2) is 35.7 Å². The molecule has 0 radical (unpaired) electrons. The van der Waals surface area contributed by atoms with Gasteiger partial charge in [-0.05, 0) is 51.9 Å². The van der Waals surface area contributed by atoms with Crippen molar-refractivity contribution in [3.05, 3.63) is 0 Å². The first-order valence-corrected chi connectivity index (χ1v) is 7.10. The number of ether oxygens (including phenoxy) is 1. The van der Waals surface area contributed by atoms with Gasteiger partial charge in [-0.1, -0.05) is 6.42 Å². The fraction of sp³-hybridized carbons (Fsp3) is 0.929. The molecular formula is C14H26N2O2. The highest BCUT2D eigenvalue weighted by Crippen LogP contribution is 2.35. The molecule has 1 aliphatic heterocycles. The summed E-state index contributed by atoms with van der Waals surface area (Å²) in [6.07, 6.45) is 4.52. The zero-order valence-corrected chi connectivity index (χ0v) is 11.8. The number of fused-ring (bicyclic) bond motifs is 1. The van der Waals surface area contributed by atoms with Crippen LogP contribution in [0.3, 0.4) is 0 Å². The molecule has 2 fully saturated rings. The Hall–Kier alpha value is -0.770. The van der Waals surface area contributed by atoms with Crippen molar-refractivity contribution in [3.63, 3.8) is 0 Å². The molecule has 0 bridgehead atoms. The van der Waals surface area contributed by atoms with Gasteiger partial charge in [0, 0.05) is 19.1 Å². The molecule has 0 aromatic heterocycles. The molecule has 0 unspecified atom stereocenters. The SMILES string of the molecule is CC(C)(C)OC(=O)N1CC[C@@H]2CCC[C@@H](N)[C@@H]2C1. The number of carbonyl (C=O) groups is 1. The van der Waals surface area contributed by atoms with Gasteiger partial charge < -0.3 is 15.4 Å². The summed E-state index contributed by atoms with van der Waals surface area (Å²) in [6.45, 7) is 7.32. The van der Waals surface area contributed by atoms with E-state index >= 15 is 0 Å². The zero-order chi connectivity index (χ0) is 13.3. The molecule has 4 nitrogen and oxygen atoms in total. The predicted molar refractivity (Wildman–Crippen MR) is 71.2 cm³/mol. The van der Waals surface area contributed by atoms with E-state index in [0.717, 1.165) is 25.9 Å². The molecule has 2 rings (SSSR count).